The molecule has 2 saturated heterocycles. The molecule has 2 rings (SSSR count). The van der Waals surface area contributed by atoms with E-state index in [9.17, 15) is 9.59 Å². The Morgan fingerprint density at radius 3 is 2.68 bits per heavy atom. The lowest BCUT2D eigenvalue weighted by Crippen LogP contribution is -2.51. The van der Waals surface area contributed by atoms with E-state index in [1.807, 2.05) is 0 Å². The van der Waals surface area contributed by atoms with Crippen molar-refractivity contribution >= 4 is 11.8 Å². The predicted octanol–water partition coefficient (Wildman–Crippen LogP) is -0.802. The molecule has 0 bridgehead atoms. The summed E-state index contributed by atoms with van der Waals surface area (Å²) in [5.74, 6) is -0.988. The Morgan fingerprint density at radius 2 is 1.95 bits per heavy atom. The van der Waals surface area contributed by atoms with E-state index in [1.54, 1.807) is 4.90 Å². The highest BCUT2D eigenvalue weighted by atomic mass is 16.5. The van der Waals surface area contributed by atoms with Crippen LogP contribution in [0.25, 0.3) is 0 Å². The smallest absolute Gasteiger partial charge is 0.312 e. The number of piperidine rings is 1. The number of hydrogen-bond donors (Lipinski definition) is 2. The molecule has 2 aliphatic heterocycles. The van der Waals surface area contributed by atoms with E-state index in [-0.39, 0.29) is 12.6 Å². The van der Waals surface area contributed by atoms with Crippen molar-refractivity contribution < 1.29 is 19.4 Å². The van der Waals surface area contributed by atoms with E-state index in [0.717, 1.165) is 52.1 Å². The largest absolute Gasteiger partial charge is 0.396 e. The van der Waals surface area contributed by atoms with Crippen LogP contribution in [-0.2, 0) is 14.3 Å². The molecule has 0 spiro atoms. The maximum atomic E-state index is 12.3. The number of ether oxygens (including phenoxy) is 1. The third-order valence-corrected chi connectivity index (χ3v) is 4.36. The zero-order valence-corrected chi connectivity index (χ0v) is 13.1. The topological polar surface area (TPSA) is 82.1 Å². The Balaban J connectivity index is 1.74. The van der Waals surface area contributed by atoms with Gasteiger partial charge in [0.1, 0.15) is 0 Å². The average molecular weight is 313 g/mol. The van der Waals surface area contributed by atoms with Gasteiger partial charge in [0.25, 0.3) is 0 Å². The minimum atomic E-state index is -0.530. The number of aliphatic hydroxyl groups excluding tert-OH is 1. The monoisotopic (exact) mass is 313 g/mol. The number of aliphatic hydroxyl groups is 1. The van der Waals surface area contributed by atoms with Gasteiger partial charge in [0.2, 0.25) is 0 Å². The predicted molar refractivity (Wildman–Crippen MR) is 81.3 cm³/mol. The van der Waals surface area contributed by atoms with E-state index in [1.165, 1.54) is 0 Å². The van der Waals surface area contributed by atoms with Crippen LogP contribution in [-0.4, -0.2) is 85.3 Å². The van der Waals surface area contributed by atoms with Gasteiger partial charge in [-0.15, -0.1) is 0 Å². The normalized spacial score (nSPS) is 23.3. The summed E-state index contributed by atoms with van der Waals surface area (Å²) in [6, 6.07) is -0.00348. The lowest BCUT2D eigenvalue weighted by Gasteiger charge is -2.35. The van der Waals surface area contributed by atoms with Crippen molar-refractivity contribution in [3.05, 3.63) is 0 Å². The molecule has 0 aromatic carbocycles. The average Bonchev–Trinajstić information content (AvgIpc) is 2.56. The summed E-state index contributed by atoms with van der Waals surface area (Å²) in [6.07, 6.45) is 3.39. The van der Waals surface area contributed by atoms with Crippen molar-refractivity contribution in [1.82, 2.24) is 15.1 Å². The number of carbonyl (C=O) groups excluding carboxylic acids is 2. The molecule has 2 amide bonds. The van der Waals surface area contributed by atoms with Crippen LogP contribution in [0.3, 0.4) is 0 Å². The third kappa shape index (κ3) is 4.93. The minimum absolute atomic E-state index is 0.00348. The van der Waals surface area contributed by atoms with E-state index in [4.69, 9.17) is 9.84 Å². The quantitative estimate of drug-likeness (QED) is 0.649. The summed E-state index contributed by atoms with van der Waals surface area (Å²) in [5, 5.41) is 11.8. The molecule has 1 atom stereocenters. The molecular formula is C15H27N3O4. The maximum absolute atomic E-state index is 12.3. The third-order valence-electron chi connectivity index (χ3n) is 4.36. The second-order valence-electron chi connectivity index (χ2n) is 5.87. The van der Waals surface area contributed by atoms with Gasteiger partial charge in [-0.25, -0.2) is 0 Å². The van der Waals surface area contributed by atoms with E-state index in [0.29, 0.717) is 19.5 Å². The number of carbonyl (C=O) groups is 2. The molecule has 0 radical (unpaired) electrons. The molecular weight excluding hydrogens is 286 g/mol. The first-order valence-corrected chi connectivity index (χ1v) is 8.22. The molecule has 2 N–H and O–H groups in total. The summed E-state index contributed by atoms with van der Waals surface area (Å²) < 4.78 is 5.27. The highest BCUT2D eigenvalue weighted by molar-refractivity contribution is 6.35. The molecule has 7 heteroatoms. The van der Waals surface area contributed by atoms with Crippen LogP contribution in [0.15, 0.2) is 0 Å². The summed E-state index contributed by atoms with van der Waals surface area (Å²) >= 11 is 0. The summed E-state index contributed by atoms with van der Waals surface area (Å²) in [4.78, 5) is 28.1. The van der Waals surface area contributed by atoms with Gasteiger partial charge in [-0.1, -0.05) is 0 Å². The number of likely N-dealkylation sites (tertiary alicyclic amines) is 1. The molecule has 7 nitrogen and oxygen atoms in total. The van der Waals surface area contributed by atoms with Gasteiger partial charge in [-0.3, -0.25) is 14.5 Å². The standard InChI is InChI=1S/C15H27N3O4/c19-10-4-13-3-1-2-6-18(13)15(21)14(20)16-5-7-17-8-11-22-12-9-17/h13,19H,1-12H2,(H,16,20). The zero-order valence-electron chi connectivity index (χ0n) is 13.1. The van der Waals surface area contributed by atoms with Crippen LogP contribution in [0.4, 0.5) is 0 Å². The van der Waals surface area contributed by atoms with Crippen LogP contribution in [0.2, 0.25) is 0 Å². The van der Waals surface area contributed by atoms with Gasteiger partial charge in [-0.05, 0) is 25.7 Å². The minimum Gasteiger partial charge on any atom is -0.396 e. The first kappa shape index (κ1) is 17.2. The van der Waals surface area contributed by atoms with Crippen LogP contribution >= 0.6 is 0 Å². The van der Waals surface area contributed by atoms with Crippen molar-refractivity contribution in [1.29, 1.82) is 0 Å². The highest BCUT2D eigenvalue weighted by Gasteiger charge is 2.30. The number of morpholine rings is 1. The van der Waals surface area contributed by atoms with Crippen LogP contribution < -0.4 is 5.32 Å². The summed E-state index contributed by atoms with van der Waals surface area (Å²) in [5.41, 5.74) is 0. The van der Waals surface area contributed by atoms with Crippen molar-refractivity contribution in [2.45, 2.75) is 31.7 Å². The second-order valence-corrected chi connectivity index (χ2v) is 5.87. The Bertz CT molecular complexity index is 370. The van der Waals surface area contributed by atoms with Gasteiger partial charge in [-0.2, -0.15) is 0 Å². The fraction of sp³-hybridized carbons (Fsp3) is 0.867. The highest BCUT2D eigenvalue weighted by Crippen LogP contribution is 2.19. The number of nitrogens with zero attached hydrogens (tertiary/aromatic N) is 2. The lowest BCUT2D eigenvalue weighted by molar-refractivity contribution is -0.148. The van der Waals surface area contributed by atoms with Gasteiger partial charge in [0, 0.05) is 45.4 Å². The molecule has 2 fully saturated rings. The number of rotatable bonds is 5. The van der Waals surface area contributed by atoms with E-state index >= 15 is 0 Å². The Kier molecular flexibility index (Phi) is 7.08. The molecule has 2 aliphatic rings. The zero-order chi connectivity index (χ0) is 15.8. The fourth-order valence-electron chi connectivity index (χ4n) is 3.08. The second kappa shape index (κ2) is 9.07. The molecule has 22 heavy (non-hydrogen) atoms. The van der Waals surface area contributed by atoms with Crippen molar-refractivity contribution in [2.24, 2.45) is 0 Å². The first-order valence-electron chi connectivity index (χ1n) is 8.22. The van der Waals surface area contributed by atoms with Crippen LogP contribution in [0.5, 0.6) is 0 Å². The van der Waals surface area contributed by atoms with Crippen LogP contribution in [0, 0.1) is 0 Å². The first-order chi connectivity index (χ1) is 10.7. The molecule has 2 heterocycles. The SMILES string of the molecule is O=C(NCCN1CCOCC1)C(=O)N1CCCCC1CCO. The maximum Gasteiger partial charge on any atom is 0.312 e. The number of hydrogen-bond acceptors (Lipinski definition) is 5. The van der Waals surface area contributed by atoms with Crippen molar-refractivity contribution in [3.8, 4) is 0 Å². The molecule has 0 saturated carbocycles. The van der Waals surface area contributed by atoms with E-state index < -0.39 is 11.8 Å². The summed E-state index contributed by atoms with van der Waals surface area (Å²) in [7, 11) is 0. The number of nitrogens with one attached hydrogen (secondary N) is 1. The Labute approximate surface area is 131 Å². The molecule has 1 unspecified atom stereocenters. The molecule has 0 aromatic rings. The van der Waals surface area contributed by atoms with E-state index in [2.05, 4.69) is 10.2 Å². The molecule has 126 valence electrons. The van der Waals surface area contributed by atoms with Crippen molar-refractivity contribution in [3.63, 3.8) is 0 Å². The Hall–Kier alpha value is -1.18. The lowest BCUT2D eigenvalue weighted by atomic mass is 9.99. The molecule has 0 aromatic heterocycles. The molecule has 0 aliphatic carbocycles. The number of amides is 2. The van der Waals surface area contributed by atoms with Gasteiger partial charge in [0.05, 0.1) is 13.2 Å². The van der Waals surface area contributed by atoms with Crippen molar-refractivity contribution in [2.75, 3.05) is 52.5 Å². The van der Waals surface area contributed by atoms with Gasteiger partial charge < -0.3 is 20.1 Å². The van der Waals surface area contributed by atoms with Crippen LogP contribution in [0.1, 0.15) is 25.7 Å². The Morgan fingerprint density at radius 1 is 1.18 bits per heavy atom. The summed E-state index contributed by atoms with van der Waals surface area (Å²) in [6.45, 7) is 5.06. The van der Waals surface area contributed by atoms with Gasteiger partial charge >= 0.3 is 11.8 Å². The fourth-order valence-corrected chi connectivity index (χ4v) is 3.08. The van der Waals surface area contributed by atoms with Gasteiger partial charge in [0.15, 0.2) is 0 Å².